The molecule has 7 atom stereocenters. The summed E-state index contributed by atoms with van der Waals surface area (Å²) >= 11 is 11.7. The second-order valence-corrected chi connectivity index (χ2v) is 13.9. The van der Waals surface area contributed by atoms with Crippen molar-refractivity contribution in [2.45, 2.75) is 39.7 Å². The number of carbonyl (C=O) groups is 3. The highest BCUT2D eigenvalue weighted by molar-refractivity contribution is 9.09. The van der Waals surface area contributed by atoms with Crippen LogP contribution in [0.25, 0.3) is 0 Å². The van der Waals surface area contributed by atoms with Crippen molar-refractivity contribution in [3.63, 3.8) is 0 Å². The molecule has 3 aliphatic rings. The van der Waals surface area contributed by atoms with E-state index in [-0.39, 0.29) is 34.4 Å². The summed E-state index contributed by atoms with van der Waals surface area (Å²) in [6, 6.07) is 24.1. The number of hydrogen-bond donors (Lipinski definition) is 3. The number of aliphatic hydroxyl groups excluding tert-OH is 1. The summed E-state index contributed by atoms with van der Waals surface area (Å²) in [7, 11) is 0. The van der Waals surface area contributed by atoms with Crippen LogP contribution in [-0.4, -0.2) is 61.2 Å². The molecule has 0 aliphatic carbocycles. The number of thioether (sulfide) groups is 1. The van der Waals surface area contributed by atoms with Crippen molar-refractivity contribution in [2.24, 2.45) is 11.8 Å². The summed E-state index contributed by atoms with van der Waals surface area (Å²) in [5.41, 5.74) is 2.03. The molecule has 3 heterocycles. The Kier molecular flexibility index (Phi) is 7.89. The van der Waals surface area contributed by atoms with E-state index in [9.17, 15) is 19.5 Å². The molecule has 6 rings (SSSR count). The molecular weight excluding hydrogens is 626 g/mol. The highest BCUT2D eigenvalue weighted by Crippen LogP contribution is 2.68. The summed E-state index contributed by atoms with van der Waals surface area (Å²) in [6.07, 6.45) is 0.906. The third-order valence-corrected chi connectivity index (χ3v) is 11.9. The predicted octanol–water partition coefficient (Wildman–Crippen LogP) is 4.99. The smallest absolute Gasteiger partial charge is 0.248 e. The van der Waals surface area contributed by atoms with Crippen LogP contribution in [0.1, 0.15) is 12.0 Å². The second kappa shape index (κ2) is 11.4. The molecule has 212 valence electrons. The molecule has 41 heavy (non-hydrogen) atoms. The predicted molar refractivity (Wildman–Crippen MR) is 165 cm³/mol. The molecule has 3 aromatic rings. The van der Waals surface area contributed by atoms with E-state index < -0.39 is 28.7 Å². The molecule has 3 aliphatic heterocycles. The molecule has 7 nitrogen and oxygen atoms in total. The number of benzene rings is 3. The molecule has 3 fully saturated rings. The number of carbonyl (C=O) groups excluding carboxylic acids is 3. The van der Waals surface area contributed by atoms with Crippen molar-refractivity contribution >= 4 is 68.4 Å². The lowest BCUT2D eigenvalue weighted by Crippen LogP contribution is -2.55. The summed E-state index contributed by atoms with van der Waals surface area (Å²) < 4.78 is -0.857. The van der Waals surface area contributed by atoms with Crippen molar-refractivity contribution in [2.75, 3.05) is 17.2 Å². The summed E-state index contributed by atoms with van der Waals surface area (Å²) in [6.45, 7) is -0.327. The van der Waals surface area contributed by atoms with Crippen LogP contribution < -0.4 is 10.6 Å². The van der Waals surface area contributed by atoms with Gasteiger partial charge in [-0.2, -0.15) is 0 Å². The van der Waals surface area contributed by atoms with Crippen LogP contribution in [0.4, 0.5) is 11.4 Å². The Morgan fingerprint density at radius 3 is 2.34 bits per heavy atom. The van der Waals surface area contributed by atoms with Crippen LogP contribution >= 0.6 is 39.3 Å². The van der Waals surface area contributed by atoms with E-state index in [0.717, 1.165) is 5.56 Å². The van der Waals surface area contributed by atoms with Gasteiger partial charge in [0.25, 0.3) is 0 Å². The van der Waals surface area contributed by atoms with E-state index in [1.54, 1.807) is 40.9 Å². The average Bonchev–Trinajstić information content (AvgIpc) is 3.57. The zero-order chi connectivity index (χ0) is 28.7. The fraction of sp³-hybridized carbons (Fsp3) is 0.323. The number of anilines is 2. The molecule has 2 bridgehead atoms. The summed E-state index contributed by atoms with van der Waals surface area (Å²) in [5, 5.41) is 16.8. The first-order valence-electron chi connectivity index (χ1n) is 13.5. The number of alkyl halides is 1. The van der Waals surface area contributed by atoms with Gasteiger partial charge in [-0.1, -0.05) is 88.2 Å². The van der Waals surface area contributed by atoms with Gasteiger partial charge in [0.05, 0.1) is 39.9 Å². The topological polar surface area (TPSA) is 98.7 Å². The minimum Gasteiger partial charge on any atom is -0.394 e. The fourth-order valence-electron chi connectivity index (χ4n) is 6.71. The van der Waals surface area contributed by atoms with Gasteiger partial charge in [-0.15, -0.1) is 11.8 Å². The van der Waals surface area contributed by atoms with Gasteiger partial charge >= 0.3 is 0 Å². The number of para-hydroxylation sites is 2. The van der Waals surface area contributed by atoms with Crippen molar-refractivity contribution in [3.8, 4) is 0 Å². The highest BCUT2D eigenvalue weighted by atomic mass is 79.9. The van der Waals surface area contributed by atoms with E-state index in [1.807, 2.05) is 60.7 Å². The quantitative estimate of drug-likeness (QED) is 0.298. The standard InChI is InChI=1S/C31H29BrClN3O4S/c32-21-16-31-25(24(26(21)41-31)28(38)34-19-11-5-2-6-12-19)30(40)36(20(17-37)15-18-9-3-1-4-10-18)27(31)29(39)35-23-14-8-7-13-22(23)33/h1-14,20-21,24-27,37H,15-17H2,(H,34,38)(H,35,39)/t20-,21?,24+,25+,26+,27?,31?/m1/s1. The molecule has 0 aromatic heterocycles. The van der Waals surface area contributed by atoms with Crippen LogP contribution in [-0.2, 0) is 20.8 Å². The Balaban J connectivity index is 1.40. The van der Waals surface area contributed by atoms with Gasteiger partial charge in [0.15, 0.2) is 0 Å². The van der Waals surface area contributed by atoms with Crippen LogP contribution in [0.3, 0.4) is 0 Å². The molecule has 10 heteroatoms. The van der Waals surface area contributed by atoms with Crippen LogP contribution in [0.2, 0.25) is 5.02 Å². The number of aliphatic hydroxyl groups is 1. The number of halogens is 2. The maximum Gasteiger partial charge on any atom is 0.248 e. The minimum absolute atomic E-state index is 0.0691. The molecule has 3 saturated heterocycles. The normalized spacial score (nSPS) is 28.8. The largest absolute Gasteiger partial charge is 0.394 e. The fourth-order valence-corrected chi connectivity index (χ4v) is 10.5. The van der Waals surface area contributed by atoms with Gasteiger partial charge in [-0.25, -0.2) is 0 Å². The van der Waals surface area contributed by atoms with Gasteiger partial charge in [0.2, 0.25) is 17.7 Å². The third kappa shape index (κ3) is 4.96. The van der Waals surface area contributed by atoms with Crippen LogP contribution in [0.15, 0.2) is 84.9 Å². The molecule has 3 unspecified atom stereocenters. The maximum atomic E-state index is 14.5. The lowest BCUT2D eigenvalue weighted by molar-refractivity contribution is -0.141. The second-order valence-electron chi connectivity index (χ2n) is 10.8. The summed E-state index contributed by atoms with van der Waals surface area (Å²) in [5.74, 6) is -2.27. The molecule has 1 spiro atoms. The number of nitrogens with zero attached hydrogens (tertiary/aromatic N) is 1. The van der Waals surface area contributed by atoms with Gasteiger partial charge in [-0.05, 0) is 42.7 Å². The Bertz CT molecular complexity index is 1460. The van der Waals surface area contributed by atoms with E-state index in [4.69, 9.17) is 11.6 Å². The lowest BCUT2D eigenvalue weighted by Gasteiger charge is -2.37. The van der Waals surface area contributed by atoms with Gasteiger partial charge < -0.3 is 20.6 Å². The Morgan fingerprint density at radius 2 is 1.66 bits per heavy atom. The van der Waals surface area contributed by atoms with Gasteiger partial charge in [0.1, 0.15) is 6.04 Å². The Morgan fingerprint density at radius 1 is 1.00 bits per heavy atom. The zero-order valence-electron chi connectivity index (χ0n) is 22.0. The highest BCUT2D eigenvalue weighted by Gasteiger charge is 2.76. The first-order chi connectivity index (χ1) is 19.8. The van der Waals surface area contributed by atoms with Crippen molar-refractivity contribution in [1.29, 1.82) is 0 Å². The number of hydrogen-bond acceptors (Lipinski definition) is 5. The van der Waals surface area contributed by atoms with Gasteiger partial charge in [-0.3, -0.25) is 14.4 Å². The van der Waals surface area contributed by atoms with Crippen molar-refractivity contribution in [1.82, 2.24) is 4.90 Å². The Hall–Kier alpha value is -2.85. The van der Waals surface area contributed by atoms with Crippen molar-refractivity contribution in [3.05, 3.63) is 95.5 Å². The monoisotopic (exact) mass is 653 g/mol. The first-order valence-corrected chi connectivity index (χ1v) is 15.7. The van der Waals surface area contributed by atoms with E-state index in [0.29, 0.717) is 29.2 Å². The molecule has 3 N–H and O–H groups in total. The van der Waals surface area contributed by atoms with Crippen LogP contribution in [0.5, 0.6) is 0 Å². The van der Waals surface area contributed by atoms with E-state index >= 15 is 0 Å². The number of nitrogens with one attached hydrogen (secondary N) is 2. The molecule has 0 radical (unpaired) electrons. The third-order valence-electron chi connectivity index (χ3n) is 8.37. The SMILES string of the molecule is O=C(Nc1ccccc1Cl)C1N([C@@H](CO)Cc2ccccc2)C(=O)[C@@H]2[C@H](C(=O)Nc3ccccc3)[C@H]3SC12CC3Br. The van der Waals surface area contributed by atoms with Crippen LogP contribution in [0, 0.1) is 11.8 Å². The maximum absolute atomic E-state index is 14.5. The minimum atomic E-state index is -0.915. The first kappa shape index (κ1) is 28.3. The number of amides is 3. The van der Waals surface area contributed by atoms with Gasteiger partial charge in [0, 0.05) is 15.8 Å². The lowest BCUT2D eigenvalue weighted by atomic mass is 9.70. The Labute approximate surface area is 256 Å². The molecule has 0 saturated carbocycles. The zero-order valence-corrected chi connectivity index (χ0v) is 25.1. The van der Waals surface area contributed by atoms with E-state index in [1.165, 1.54) is 0 Å². The molecule has 3 aromatic carbocycles. The average molecular weight is 655 g/mol. The molecular formula is C31H29BrClN3O4S. The molecule has 3 amide bonds. The summed E-state index contributed by atoms with van der Waals surface area (Å²) in [4.78, 5) is 44.0. The number of likely N-dealkylation sites (tertiary alicyclic amines) is 1. The van der Waals surface area contributed by atoms with Crippen molar-refractivity contribution < 1.29 is 19.5 Å². The van der Waals surface area contributed by atoms with E-state index in [2.05, 4.69) is 26.6 Å². The number of rotatable bonds is 8. The number of fused-ring (bicyclic) bond motifs is 1.